The first-order chi connectivity index (χ1) is 8.59. The number of carboxylic acid groups (broad SMARTS) is 1. The molecule has 2 unspecified atom stereocenters. The van der Waals surface area contributed by atoms with Gasteiger partial charge in [-0.1, -0.05) is 32.0 Å². The summed E-state index contributed by atoms with van der Waals surface area (Å²) in [4.78, 5) is 11.3. The van der Waals surface area contributed by atoms with E-state index in [1.165, 1.54) is 0 Å². The minimum atomic E-state index is -0.686. The molecule has 3 heteroatoms. The zero-order chi connectivity index (χ0) is 13.1. The van der Waals surface area contributed by atoms with Gasteiger partial charge in [0.15, 0.2) is 0 Å². The highest BCUT2D eigenvalue weighted by Crippen LogP contribution is 2.38. The lowest BCUT2D eigenvalue weighted by molar-refractivity contribution is -0.143. The third kappa shape index (κ3) is 2.66. The Hall–Kier alpha value is -1.51. The second-order valence-corrected chi connectivity index (χ2v) is 5.30. The van der Waals surface area contributed by atoms with Crippen LogP contribution in [-0.2, 0) is 4.79 Å². The van der Waals surface area contributed by atoms with Gasteiger partial charge < -0.3 is 9.84 Å². The average Bonchev–Trinajstić information content (AvgIpc) is 2.35. The van der Waals surface area contributed by atoms with Gasteiger partial charge in [-0.25, -0.2) is 0 Å². The summed E-state index contributed by atoms with van der Waals surface area (Å²) >= 11 is 0. The fourth-order valence-electron chi connectivity index (χ4n) is 2.63. The van der Waals surface area contributed by atoms with Crippen molar-refractivity contribution in [2.24, 2.45) is 11.8 Å². The SMILES string of the molecule is CC(C)C(CC1CCOc2ccccc21)C(=O)O. The van der Waals surface area contributed by atoms with Gasteiger partial charge in [0.25, 0.3) is 0 Å². The van der Waals surface area contributed by atoms with Crippen molar-refractivity contribution in [2.45, 2.75) is 32.6 Å². The molecule has 1 N–H and O–H groups in total. The molecule has 0 saturated carbocycles. The first-order valence-corrected chi connectivity index (χ1v) is 6.54. The van der Waals surface area contributed by atoms with Crippen molar-refractivity contribution in [1.82, 2.24) is 0 Å². The smallest absolute Gasteiger partial charge is 0.306 e. The third-order valence-electron chi connectivity index (χ3n) is 3.74. The zero-order valence-electron chi connectivity index (χ0n) is 10.9. The van der Waals surface area contributed by atoms with Gasteiger partial charge in [0.05, 0.1) is 12.5 Å². The van der Waals surface area contributed by atoms with Crippen LogP contribution >= 0.6 is 0 Å². The Kier molecular flexibility index (Phi) is 3.90. The number of carboxylic acids is 1. The van der Waals surface area contributed by atoms with E-state index < -0.39 is 5.97 Å². The van der Waals surface area contributed by atoms with Crippen LogP contribution in [0.5, 0.6) is 5.75 Å². The van der Waals surface area contributed by atoms with Crippen LogP contribution < -0.4 is 4.74 Å². The second kappa shape index (κ2) is 5.42. The molecular weight excluding hydrogens is 228 g/mol. The molecule has 3 nitrogen and oxygen atoms in total. The molecule has 1 heterocycles. The van der Waals surface area contributed by atoms with E-state index >= 15 is 0 Å². The monoisotopic (exact) mass is 248 g/mol. The number of ether oxygens (including phenoxy) is 1. The molecule has 0 bridgehead atoms. The molecule has 2 rings (SSSR count). The normalized spacial score (nSPS) is 20.1. The highest BCUT2D eigenvalue weighted by molar-refractivity contribution is 5.70. The highest BCUT2D eigenvalue weighted by Gasteiger charge is 2.29. The molecule has 1 aromatic rings. The van der Waals surface area contributed by atoms with Crippen LogP contribution in [0.3, 0.4) is 0 Å². The summed E-state index contributed by atoms with van der Waals surface area (Å²) in [6, 6.07) is 7.97. The molecule has 1 aliphatic rings. The van der Waals surface area contributed by atoms with E-state index in [-0.39, 0.29) is 11.8 Å². The van der Waals surface area contributed by atoms with Gasteiger partial charge >= 0.3 is 5.97 Å². The minimum Gasteiger partial charge on any atom is -0.493 e. The molecule has 0 aliphatic carbocycles. The fourth-order valence-corrected chi connectivity index (χ4v) is 2.63. The Labute approximate surface area is 108 Å². The molecule has 2 atom stereocenters. The van der Waals surface area contributed by atoms with Crippen molar-refractivity contribution < 1.29 is 14.6 Å². The van der Waals surface area contributed by atoms with Crippen molar-refractivity contribution >= 4 is 5.97 Å². The number of fused-ring (bicyclic) bond motifs is 1. The van der Waals surface area contributed by atoms with Crippen LogP contribution in [0.25, 0.3) is 0 Å². The Bertz CT molecular complexity index is 426. The predicted octanol–water partition coefficient (Wildman–Crippen LogP) is 3.30. The number of hydrogen-bond acceptors (Lipinski definition) is 2. The average molecular weight is 248 g/mol. The Morgan fingerprint density at radius 2 is 2.17 bits per heavy atom. The fraction of sp³-hybridized carbons (Fsp3) is 0.533. The summed E-state index contributed by atoms with van der Waals surface area (Å²) in [5.41, 5.74) is 1.16. The molecule has 0 fully saturated rings. The number of hydrogen-bond donors (Lipinski definition) is 1. The first-order valence-electron chi connectivity index (χ1n) is 6.54. The van der Waals surface area contributed by atoms with Gasteiger partial charge in [-0.2, -0.15) is 0 Å². The summed E-state index contributed by atoms with van der Waals surface area (Å²) in [5.74, 6) is 0.424. The molecule has 0 saturated heterocycles. The predicted molar refractivity (Wildman–Crippen MR) is 69.9 cm³/mol. The highest BCUT2D eigenvalue weighted by atomic mass is 16.5. The molecule has 1 aliphatic heterocycles. The van der Waals surface area contributed by atoms with Crippen molar-refractivity contribution in [2.75, 3.05) is 6.61 Å². The van der Waals surface area contributed by atoms with Gasteiger partial charge in [0.2, 0.25) is 0 Å². The summed E-state index contributed by atoms with van der Waals surface area (Å²) in [7, 11) is 0. The van der Waals surface area contributed by atoms with E-state index in [2.05, 4.69) is 6.07 Å². The molecule has 1 aromatic carbocycles. The van der Waals surface area contributed by atoms with Gasteiger partial charge in [-0.15, -0.1) is 0 Å². The maximum absolute atomic E-state index is 11.3. The van der Waals surface area contributed by atoms with Gasteiger partial charge in [-0.05, 0) is 36.3 Å². The third-order valence-corrected chi connectivity index (χ3v) is 3.74. The topological polar surface area (TPSA) is 46.5 Å². The second-order valence-electron chi connectivity index (χ2n) is 5.30. The van der Waals surface area contributed by atoms with Crippen molar-refractivity contribution in [3.8, 4) is 5.75 Å². The van der Waals surface area contributed by atoms with E-state index in [1.807, 2.05) is 32.0 Å². The molecule has 0 radical (unpaired) electrons. The number of rotatable bonds is 4. The molecule has 0 spiro atoms. The van der Waals surface area contributed by atoms with Crippen molar-refractivity contribution in [1.29, 1.82) is 0 Å². The van der Waals surface area contributed by atoms with Crippen LogP contribution in [0.1, 0.15) is 38.2 Å². The van der Waals surface area contributed by atoms with E-state index in [0.29, 0.717) is 18.9 Å². The van der Waals surface area contributed by atoms with E-state index in [9.17, 15) is 9.90 Å². The van der Waals surface area contributed by atoms with E-state index in [1.54, 1.807) is 0 Å². The van der Waals surface area contributed by atoms with Gasteiger partial charge in [0.1, 0.15) is 5.75 Å². The number of aliphatic carboxylic acids is 1. The number of para-hydroxylation sites is 1. The quantitative estimate of drug-likeness (QED) is 0.889. The molecule has 0 amide bonds. The van der Waals surface area contributed by atoms with Gasteiger partial charge in [0, 0.05) is 0 Å². The summed E-state index contributed by atoms with van der Waals surface area (Å²) in [5, 5.41) is 9.29. The lowest BCUT2D eigenvalue weighted by Crippen LogP contribution is -2.24. The van der Waals surface area contributed by atoms with Crippen LogP contribution in [0.2, 0.25) is 0 Å². The summed E-state index contributed by atoms with van der Waals surface area (Å²) in [6.07, 6.45) is 1.61. The molecular formula is C15H20O3. The maximum Gasteiger partial charge on any atom is 0.306 e. The Morgan fingerprint density at radius 1 is 1.44 bits per heavy atom. The number of benzene rings is 1. The lowest BCUT2D eigenvalue weighted by atomic mass is 9.81. The van der Waals surface area contributed by atoms with Crippen LogP contribution in [0, 0.1) is 11.8 Å². The molecule has 0 aromatic heterocycles. The molecule has 98 valence electrons. The zero-order valence-corrected chi connectivity index (χ0v) is 10.9. The maximum atomic E-state index is 11.3. The van der Waals surface area contributed by atoms with Crippen LogP contribution in [0.4, 0.5) is 0 Å². The Morgan fingerprint density at radius 3 is 2.83 bits per heavy atom. The first kappa shape index (κ1) is 12.9. The largest absolute Gasteiger partial charge is 0.493 e. The van der Waals surface area contributed by atoms with Crippen LogP contribution in [-0.4, -0.2) is 17.7 Å². The summed E-state index contributed by atoms with van der Waals surface area (Å²) < 4.78 is 5.61. The number of carbonyl (C=O) groups is 1. The van der Waals surface area contributed by atoms with Crippen LogP contribution in [0.15, 0.2) is 24.3 Å². The van der Waals surface area contributed by atoms with E-state index in [0.717, 1.165) is 17.7 Å². The summed E-state index contributed by atoms with van der Waals surface area (Å²) in [6.45, 7) is 4.64. The van der Waals surface area contributed by atoms with Crippen molar-refractivity contribution in [3.05, 3.63) is 29.8 Å². The van der Waals surface area contributed by atoms with E-state index in [4.69, 9.17) is 4.74 Å². The van der Waals surface area contributed by atoms with Gasteiger partial charge in [-0.3, -0.25) is 4.79 Å². The molecule has 18 heavy (non-hydrogen) atoms. The lowest BCUT2D eigenvalue weighted by Gasteiger charge is -2.29. The van der Waals surface area contributed by atoms with Crippen molar-refractivity contribution in [3.63, 3.8) is 0 Å². The Balaban J connectivity index is 2.18. The standard InChI is InChI=1S/C15H20O3/c1-10(2)13(15(16)17)9-11-7-8-18-14-6-4-3-5-12(11)14/h3-6,10-11,13H,7-9H2,1-2H3,(H,16,17). The minimum absolute atomic E-state index is 0.164.